The highest BCUT2D eigenvalue weighted by Gasteiger charge is 2.22. The monoisotopic (exact) mass is 354 g/mol. The predicted octanol–water partition coefficient (Wildman–Crippen LogP) is 3.61. The van der Waals surface area contributed by atoms with Crippen LogP contribution in [0.25, 0.3) is 10.9 Å². The molecule has 24 heavy (non-hydrogen) atoms. The second-order valence-electron chi connectivity index (χ2n) is 6.71. The molecule has 1 aromatic heterocycles. The van der Waals surface area contributed by atoms with Crippen molar-refractivity contribution in [3.05, 3.63) is 29.5 Å². The Bertz CT molecular complexity index is 740. The number of rotatable bonds is 7. The van der Waals surface area contributed by atoms with Crippen LogP contribution in [0.2, 0.25) is 0 Å². The normalized spacial score (nSPS) is 12.8. The third-order valence-electron chi connectivity index (χ3n) is 4.25. The molecule has 0 unspecified atom stereocenters. The highest BCUT2D eigenvalue weighted by atomic mass is 31.2. The van der Waals surface area contributed by atoms with Gasteiger partial charge < -0.3 is 9.51 Å². The standard InChI is InChI=1S/C17H27N2O4P/c1-11(2)19(12(3)4)9-8-14-10-18-15-7-6-13(5)17(16(14)15)23-24(20,21)22/h6-7,10-12,18H,8-9H2,1-5H3,(H2,20,21,22). The van der Waals surface area contributed by atoms with Crippen molar-refractivity contribution in [2.45, 2.75) is 53.1 Å². The third-order valence-corrected chi connectivity index (χ3v) is 4.67. The second kappa shape index (κ2) is 7.28. The lowest BCUT2D eigenvalue weighted by molar-refractivity contribution is 0.177. The van der Waals surface area contributed by atoms with Crippen LogP contribution in [0.15, 0.2) is 18.3 Å². The van der Waals surface area contributed by atoms with Crippen LogP contribution in [0.1, 0.15) is 38.8 Å². The number of phosphoric acid groups is 1. The van der Waals surface area contributed by atoms with Crippen LogP contribution in [0.5, 0.6) is 5.75 Å². The Labute approximate surface area is 143 Å². The first-order valence-corrected chi connectivity index (χ1v) is 9.73. The maximum absolute atomic E-state index is 11.3. The zero-order chi connectivity index (χ0) is 18.1. The molecule has 0 aliphatic carbocycles. The molecule has 0 aliphatic rings. The van der Waals surface area contributed by atoms with Crippen molar-refractivity contribution in [3.8, 4) is 5.75 Å². The Balaban J connectivity index is 2.38. The molecule has 0 radical (unpaired) electrons. The summed E-state index contributed by atoms with van der Waals surface area (Å²) in [5, 5.41) is 0.755. The minimum absolute atomic E-state index is 0.262. The van der Waals surface area contributed by atoms with Gasteiger partial charge in [0.05, 0.1) is 0 Å². The second-order valence-corrected chi connectivity index (χ2v) is 7.87. The molecule has 0 aliphatic heterocycles. The fraction of sp³-hybridized carbons (Fsp3) is 0.529. The van der Waals surface area contributed by atoms with Gasteiger partial charge in [-0.1, -0.05) is 6.07 Å². The number of nitrogens with zero attached hydrogens (tertiary/aromatic N) is 1. The highest BCUT2D eigenvalue weighted by molar-refractivity contribution is 7.46. The van der Waals surface area contributed by atoms with E-state index in [4.69, 9.17) is 4.52 Å². The molecule has 7 heteroatoms. The minimum Gasteiger partial charge on any atom is -0.403 e. The molecule has 3 N–H and O–H groups in total. The third kappa shape index (κ3) is 4.39. The number of nitrogens with one attached hydrogen (secondary N) is 1. The van der Waals surface area contributed by atoms with Crippen LogP contribution in [0, 0.1) is 6.92 Å². The SMILES string of the molecule is Cc1ccc2[nH]cc(CCN(C(C)C)C(C)C)c2c1OP(=O)(O)O. The zero-order valence-electron chi connectivity index (χ0n) is 14.9. The summed E-state index contributed by atoms with van der Waals surface area (Å²) in [5.41, 5.74) is 2.53. The number of aromatic nitrogens is 1. The summed E-state index contributed by atoms with van der Waals surface area (Å²) in [4.78, 5) is 24.0. The van der Waals surface area contributed by atoms with Crippen LogP contribution in [0.3, 0.4) is 0 Å². The Morgan fingerprint density at radius 1 is 1.21 bits per heavy atom. The number of aryl methyl sites for hydroxylation is 1. The van der Waals surface area contributed by atoms with E-state index >= 15 is 0 Å². The van der Waals surface area contributed by atoms with Crippen molar-refractivity contribution in [2.24, 2.45) is 0 Å². The minimum atomic E-state index is -4.61. The van der Waals surface area contributed by atoms with Crippen LogP contribution >= 0.6 is 7.82 Å². The van der Waals surface area contributed by atoms with E-state index in [0.717, 1.165) is 29.4 Å². The number of aromatic amines is 1. The van der Waals surface area contributed by atoms with Crippen molar-refractivity contribution >= 4 is 18.7 Å². The number of hydrogen-bond acceptors (Lipinski definition) is 3. The summed E-state index contributed by atoms with van der Waals surface area (Å²) in [5.74, 6) is 0.262. The van der Waals surface area contributed by atoms with Gasteiger partial charge in [-0.3, -0.25) is 14.7 Å². The fourth-order valence-electron chi connectivity index (χ4n) is 3.16. The maximum atomic E-state index is 11.3. The van der Waals surface area contributed by atoms with Gasteiger partial charge in [0.15, 0.2) is 0 Å². The summed E-state index contributed by atoms with van der Waals surface area (Å²) >= 11 is 0. The van der Waals surface area contributed by atoms with Crippen LogP contribution in [-0.4, -0.2) is 38.3 Å². The number of H-pyrrole nitrogens is 1. The molecular formula is C17H27N2O4P. The van der Waals surface area contributed by atoms with Crippen molar-refractivity contribution in [1.29, 1.82) is 0 Å². The van der Waals surface area contributed by atoms with Crippen molar-refractivity contribution in [2.75, 3.05) is 6.54 Å². The number of benzene rings is 1. The molecule has 0 amide bonds. The number of fused-ring (bicyclic) bond motifs is 1. The smallest absolute Gasteiger partial charge is 0.403 e. The van der Waals surface area contributed by atoms with E-state index in [-0.39, 0.29) is 5.75 Å². The van der Waals surface area contributed by atoms with E-state index in [1.54, 1.807) is 13.0 Å². The first kappa shape index (κ1) is 19.0. The van der Waals surface area contributed by atoms with Crippen LogP contribution < -0.4 is 4.52 Å². The van der Waals surface area contributed by atoms with Gasteiger partial charge in [-0.15, -0.1) is 0 Å². The molecule has 2 rings (SSSR count). The Morgan fingerprint density at radius 2 is 1.83 bits per heavy atom. The first-order valence-electron chi connectivity index (χ1n) is 8.20. The van der Waals surface area contributed by atoms with Crippen molar-refractivity contribution in [1.82, 2.24) is 9.88 Å². The summed E-state index contributed by atoms with van der Waals surface area (Å²) in [6, 6.07) is 4.57. The van der Waals surface area contributed by atoms with Gasteiger partial charge in [0.2, 0.25) is 0 Å². The molecular weight excluding hydrogens is 327 g/mol. The topological polar surface area (TPSA) is 85.8 Å². The average molecular weight is 354 g/mol. The Hall–Kier alpha value is -1.33. The lowest BCUT2D eigenvalue weighted by Crippen LogP contribution is -2.38. The zero-order valence-corrected chi connectivity index (χ0v) is 15.8. The van der Waals surface area contributed by atoms with Crippen LogP contribution in [-0.2, 0) is 11.0 Å². The summed E-state index contributed by atoms with van der Waals surface area (Å²) in [6.07, 6.45) is 2.67. The highest BCUT2D eigenvalue weighted by Crippen LogP contribution is 2.43. The number of hydrogen-bond donors (Lipinski definition) is 3. The molecule has 0 bridgehead atoms. The summed E-state index contributed by atoms with van der Waals surface area (Å²) < 4.78 is 16.3. The molecule has 1 aromatic carbocycles. The van der Waals surface area contributed by atoms with Gasteiger partial charge >= 0.3 is 7.82 Å². The van der Waals surface area contributed by atoms with E-state index in [9.17, 15) is 14.4 Å². The predicted molar refractivity (Wildman–Crippen MR) is 96.4 cm³/mol. The molecule has 2 aromatic rings. The molecule has 134 valence electrons. The lowest BCUT2D eigenvalue weighted by atomic mass is 10.1. The van der Waals surface area contributed by atoms with Crippen molar-refractivity contribution in [3.63, 3.8) is 0 Å². The molecule has 0 saturated carbocycles. The van der Waals surface area contributed by atoms with E-state index in [2.05, 4.69) is 37.6 Å². The van der Waals surface area contributed by atoms with E-state index in [0.29, 0.717) is 17.6 Å². The summed E-state index contributed by atoms with van der Waals surface area (Å²) in [7, 11) is -4.61. The Kier molecular flexibility index (Phi) is 5.76. The molecule has 6 nitrogen and oxygen atoms in total. The van der Waals surface area contributed by atoms with Gasteiger partial charge in [0, 0.05) is 35.7 Å². The molecule has 0 saturated heterocycles. The largest absolute Gasteiger partial charge is 0.524 e. The molecule has 0 atom stereocenters. The van der Waals surface area contributed by atoms with Gasteiger partial charge in [-0.25, -0.2) is 4.57 Å². The molecule has 0 spiro atoms. The van der Waals surface area contributed by atoms with Gasteiger partial charge in [0.25, 0.3) is 0 Å². The average Bonchev–Trinajstić information content (AvgIpc) is 2.84. The van der Waals surface area contributed by atoms with E-state index in [1.807, 2.05) is 12.3 Å². The van der Waals surface area contributed by atoms with Gasteiger partial charge in [0.1, 0.15) is 5.75 Å². The molecule has 1 heterocycles. The van der Waals surface area contributed by atoms with E-state index < -0.39 is 7.82 Å². The van der Waals surface area contributed by atoms with Crippen molar-refractivity contribution < 1.29 is 18.9 Å². The Morgan fingerprint density at radius 3 is 2.38 bits per heavy atom. The maximum Gasteiger partial charge on any atom is 0.524 e. The molecule has 0 fully saturated rings. The number of phosphoric ester groups is 1. The lowest BCUT2D eigenvalue weighted by Gasteiger charge is -2.30. The quantitative estimate of drug-likeness (QED) is 0.661. The van der Waals surface area contributed by atoms with E-state index in [1.165, 1.54) is 0 Å². The van der Waals surface area contributed by atoms with Gasteiger partial charge in [-0.05, 0) is 58.2 Å². The first-order chi connectivity index (χ1) is 11.1. The van der Waals surface area contributed by atoms with Gasteiger partial charge in [-0.2, -0.15) is 0 Å². The summed E-state index contributed by atoms with van der Waals surface area (Å²) in [6.45, 7) is 11.3. The van der Waals surface area contributed by atoms with Crippen LogP contribution in [0.4, 0.5) is 0 Å². The fourth-order valence-corrected chi connectivity index (χ4v) is 3.63.